The van der Waals surface area contributed by atoms with E-state index < -0.39 is 8.03 Å². The SMILES string of the molecule is Cc1c(-c2ccccc2)cccc1[P+](=O)O. The smallest absolute Gasteiger partial charge is 0.156 e. The molecule has 2 rings (SSSR count). The summed E-state index contributed by atoms with van der Waals surface area (Å²) in [4.78, 5) is 9.19. The van der Waals surface area contributed by atoms with Crippen LogP contribution >= 0.6 is 8.03 Å². The topological polar surface area (TPSA) is 37.3 Å². The molecule has 0 saturated carbocycles. The molecule has 0 aromatic heterocycles. The summed E-state index contributed by atoms with van der Waals surface area (Å²) < 4.78 is 11.2. The summed E-state index contributed by atoms with van der Waals surface area (Å²) in [5, 5.41) is 0.511. The largest absolute Gasteiger partial charge is 0.546 e. The lowest BCUT2D eigenvalue weighted by Gasteiger charge is -2.04. The Bertz CT molecular complexity index is 521. The van der Waals surface area contributed by atoms with Crippen molar-refractivity contribution in [1.82, 2.24) is 0 Å². The van der Waals surface area contributed by atoms with Gasteiger partial charge in [-0.15, -0.1) is 0 Å². The van der Waals surface area contributed by atoms with Crippen molar-refractivity contribution in [3.05, 3.63) is 54.1 Å². The maximum atomic E-state index is 11.2. The molecule has 16 heavy (non-hydrogen) atoms. The van der Waals surface area contributed by atoms with Crippen molar-refractivity contribution >= 4 is 13.3 Å². The summed E-state index contributed by atoms with van der Waals surface area (Å²) in [6, 6.07) is 15.3. The zero-order valence-electron chi connectivity index (χ0n) is 8.92. The molecule has 0 fully saturated rings. The molecule has 0 aliphatic rings. The number of hydrogen-bond acceptors (Lipinski definition) is 1. The Hall–Kier alpha value is -1.50. The van der Waals surface area contributed by atoms with Crippen LogP contribution in [0.25, 0.3) is 11.1 Å². The second-order valence-electron chi connectivity index (χ2n) is 3.59. The average molecular weight is 231 g/mol. The summed E-state index contributed by atoms with van der Waals surface area (Å²) in [6.07, 6.45) is 0. The molecule has 3 heteroatoms. The first-order chi connectivity index (χ1) is 7.70. The second kappa shape index (κ2) is 4.56. The molecule has 0 radical (unpaired) electrons. The maximum absolute atomic E-state index is 11.2. The van der Waals surface area contributed by atoms with Crippen LogP contribution in [-0.2, 0) is 4.57 Å². The predicted molar refractivity (Wildman–Crippen MR) is 66.1 cm³/mol. The van der Waals surface area contributed by atoms with Crippen LogP contribution in [0.5, 0.6) is 0 Å². The molecule has 0 spiro atoms. The Labute approximate surface area is 95.4 Å². The molecule has 0 saturated heterocycles. The first-order valence-electron chi connectivity index (χ1n) is 5.01. The van der Waals surface area contributed by atoms with Crippen LogP contribution in [0.4, 0.5) is 0 Å². The summed E-state index contributed by atoms with van der Waals surface area (Å²) in [6.45, 7) is 1.88. The van der Waals surface area contributed by atoms with Crippen LogP contribution in [0.3, 0.4) is 0 Å². The zero-order valence-corrected chi connectivity index (χ0v) is 9.82. The molecule has 0 heterocycles. The van der Waals surface area contributed by atoms with Crippen LogP contribution in [0.15, 0.2) is 48.5 Å². The van der Waals surface area contributed by atoms with E-state index in [-0.39, 0.29) is 0 Å². The first-order valence-corrected chi connectivity index (χ1v) is 6.22. The number of rotatable bonds is 2. The summed E-state index contributed by atoms with van der Waals surface area (Å²) in [5.41, 5.74) is 2.95. The van der Waals surface area contributed by atoms with Crippen molar-refractivity contribution in [3.8, 4) is 11.1 Å². The lowest BCUT2D eigenvalue weighted by Crippen LogP contribution is -2.02. The van der Waals surface area contributed by atoms with Gasteiger partial charge in [-0.25, -0.2) is 0 Å². The van der Waals surface area contributed by atoms with E-state index in [1.165, 1.54) is 0 Å². The highest BCUT2D eigenvalue weighted by Gasteiger charge is 2.21. The first kappa shape index (κ1) is 11.0. The van der Waals surface area contributed by atoms with Gasteiger partial charge in [-0.05, 0) is 28.7 Å². The molecule has 0 bridgehead atoms. The van der Waals surface area contributed by atoms with Gasteiger partial charge in [0, 0.05) is 5.56 Å². The van der Waals surface area contributed by atoms with Gasteiger partial charge in [0.25, 0.3) is 0 Å². The highest BCUT2D eigenvalue weighted by atomic mass is 31.1. The Morgan fingerprint density at radius 2 is 1.69 bits per heavy atom. The predicted octanol–water partition coefficient (Wildman–Crippen LogP) is 3.02. The van der Waals surface area contributed by atoms with Gasteiger partial charge in [0.1, 0.15) is 0 Å². The van der Waals surface area contributed by atoms with Gasteiger partial charge < -0.3 is 0 Å². The molecular weight excluding hydrogens is 219 g/mol. The van der Waals surface area contributed by atoms with Gasteiger partial charge in [-0.1, -0.05) is 42.5 Å². The number of hydrogen-bond donors (Lipinski definition) is 1. The molecule has 0 aliphatic heterocycles. The molecule has 1 unspecified atom stereocenters. The lowest BCUT2D eigenvalue weighted by atomic mass is 10.0. The van der Waals surface area contributed by atoms with Crippen molar-refractivity contribution in [1.29, 1.82) is 0 Å². The van der Waals surface area contributed by atoms with Crippen LogP contribution in [0, 0.1) is 6.92 Å². The van der Waals surface area contributed by atoms with Gasteiger partial charge >= 0.3 is 8.03 Å². The molecule has 0 aliphatic carbocycles. The molecular formula is C13H12O2P+. The van der Waals surface area contributed by atoms with Gasteiger partial charge in [0.2, 0.25) is 5.30 Å². The van der Waals surface area contributed by atoms with Crippen LogP contribution < -0.4 is 5.30 Å². The molecule has 0 amide bonds. The van der Waals surface area contributed by atoms with Crippen LogP contribution in [0.2, 0.25) is 0 Å². The van der Waals surface area contributed by atoms with E-state index in [1.54, 1.807) is 6.07 Å². The highest BCUT2D eigenvalue weighted by molar-refractivity contribution is 7.47. The van der Waals surface area contributed by atoms with Crippen molar-refractivity contribution < 1.29 is 9.46 Å². The lowest BCUT2D eigenvalue weighted by molar-refractivity contribution is 0.513. The molecule has 2 nitrogen and oxygen atoms in total. The zero-order chi connectivity index (χ0) is 11.5. The Kier molecular flexibility index (Phi) is 3.14. The Morgan fingerprint density at radius 3 is 2.31 bits per heavy atom. The van der Waals surface area contributed by atoms with E-state index in [2.05, 4.69) is 0 Å². The third kappa shape index (κ3) is 2.04. The molecule has 2 aromatic carbocycles. The average Bonchev–Trinajstić information content (AvgIpc) is 2.30. The Morgan fingerprint density at radius 1 is 1.00 bits per heavy atom. The fourth-order valence-corrected chi connectivity index (χ4v) is 2.38. The van der Waals surface area contributed by atoms with Gasteiger partial charge in [0.05, 0.1) is 0 Å². The molecule has 1 atom stereocenters. The summed E-state index contributed by atoms with van der Waals surface area (Å²) in [7, 11) is -2.27. The molecule has 1 N–H and O–H groups in total. The van der Waals surface area contributed by atoms with E-state index in [1.807, 2.05) is 49.4 Å². The molecule has 80 valence electrons. The minimum absolute atomic E-state index is 0.511. The fourth-order valence-electron chi connectivity index (χ4n) is 1.76. The van der Waals surface area contributed by atoms with Crippen molar-refractivity contribution in [3.63, 3.8) is 0 Å². The van der Waals surface area contributed by atoms with E-state index in [0.717, 1.165) is 16.7 Å². The monoisotopic (exact) mass is 231 g/mol. The van der Waals surface area contributed by atoms with Gasteiger partial charge in [-0.2, -0.15) is 4.89 Å². The standard InChI is InChI=1S/C13H11O2P/c1-10-12(11-6-3-2-4-7-11)8-5-9-13(10)16(14)15/h2-9H,1H3/p+1. The van der Waals surface area contributed by atoms with Crippen molar-refractivity contribution in [2.45, 2.75) is 6.92 Å². The van der Waals surface area contributed by atoms with E-state index in [9.17, 15) is 9.46 Å². The minimum Gasteiger partial charge on any atom is -0.156 e. The third-order valence-electron chi connectivity index (χ3n) is 2.60. The molecule has 2 aromatic rings. The third-order valence-corrected chi connectivity index (χ3v) is 3.49. The van der Waals surface area contributed by atoms with Gasteiger partial charge in [0.15, 0.2) is 0 Å². The second-order valence-corrected chi connectivity index (χ2v) is 4.62. The van der Waals surface area contributed by atoms with Gasteiger partial charge in [-0.3, -0.25) is 0 Å². The fraction of sp³-hybridized carbons (Fsp3) is 0.0769. The van der Waals surface area contributed by atoms with E-state index in [0.29, 0.717) is 5.30 Å². The van der Waals surface area contributed by atoms with E-state index in [4.69, 9.17) is 0 Å². The minimum atomic E-state index is -2.27. The van der Waals surface area contributed by atoms with Crippen LogP contribution in [0.1, 0.15) is 5.56 Å². The quantitative estimate of drug-likeness (QED) is 0.806. The normalized spacial score (nSPS) is 11.2. The van der Waals surface area contributed by atoms with Crippen molar-refractivity contribution in [2.24, 2.45) is 0 Å². The number of benzene rings is 2. The summed E-state index contributed by atoms with van der Waals surface area (Å²) >= 11 is 0. The van der Waals surface area contributed by atoms with E-state index >= 15 is 0 Å². The maximum Gasteiger partial charge on any atom is 0.546 e. The Balaban J connectivity index is 2.59. The van der Waals surface area contributed by atoms with Crippen LogP contribution in [-0.4, -0.2) is 4.89 Å². The summed E-state index contributed by atoms with van der Waals surface area (Å²) in [5.74, 6) is 0. The highest BCUT2D eigenvalue weighted by Crippen LogP contribution is 2.26. The van der Waals surface area contributed by atoms with Crippen molar-refractivity contribution in [2.75, 3.05) is 0 Å².